The molecule has 162 valence electrons. The number of aliphatic hydroxyl groups excluding tert-OH is 1. The van der Waals surface area contributed by atoms with E-state index < -0.39 is 22.6 Å². The van der Waals surface area contributed by atoms with Gasteiger partial charge in [-0.25, -0.2) is 13.2 Å². The van der Waals surface area contributed by atoms with Crippen molar-refractivity contribution in [2.24, 2.45) is 0 Å². The summed E-state index contributed by atoms with van der Waals surface area (Å²) in [6.07, 6.45) is 3.11. The zero-order valence-corrected chi connectivity index (χ0v) is 17.9. The second kappa shape index (κ2) is 9.59. The summed E-state index contributed by atoms with van der Waals surface area (Å²) in [5.74, 6) is -0.213. The van der Waals surface area contributed by atoms with Gasteiger partial charge in [-0.05, 0) is 42.0 Å². The van der Waals surface area contributed by atoms with E-state index in [0.717, 1.165) is 4.31 Å². The van der Waals surface area contributed by atoms with E-state index in [1.165, 1.54) is 50.7 Å². The quantitative estimate of drug-likeness (QED) is 0.535. The summed E-state index contributed by atoms with van der Waals surface area (Å²) in [6.45, 7) is -0.578. The lowest BCUT2D eigenvalue weighted by Crippen LogP contribution is -2.33. The molecule has 1 aromatic heterocycles. The Morgan fingerprint density at radius 3 is 2.39 bits per heavy atom. The van der Waals surface area contributed by atoms with E-state index in [0.29, 0.717) is 11.3 Å². The minimum Gasteiger partial charge on any atom is -0.497 e. The maximum absolute atomic E-state index is 13.7. The second-order valence-electron chi connectivity index (χ2n) is 6.51. The van der Waals surface area contributed by atoms with Gasteiger partial charge in [-0.15, -0.1) is 0 Å². The van der Waals surface area contributed by atoms with E-state index in [9.17, 15) is 18.3 Å². The average molecular weight is 442 g/mol. The van der Waals surface area contributed by atoms with Crippen LogP contribution in [-0.4, -0.2) is 38.7 Å². The Bertz CT molecular complexity index is 1150. The van der Waals surface area contributed by atoms with Gasteiger partial charge in [0.2, 0.25) is 0 Å². The predicted molar refractivity (Wildman–Crippen MR) is 114 cm³/mol. The molecular formula is C22H22N2O6S. The number of aliphatic hydroxyl groups is 1. The van der Waals surface area contributed by atoms with Crippen molar-refractivity contribution in [2.75, 3.05) is 18.5 Å². The topological polar surface area (TPSA) is 106 Å². The third-order valence-electron chi connectivity index (χ3n) is 4.64. The number of nitrogens with zero attached hydrogens (tertiary/aromatic N) is 2. The molecule has 31 heavy (non-hydrogen) atoms. The van der Waals surface area contributed by atoms with Crippen LogP contribution in [0.1, 0.15) is 21.5 Å². The lowest BCUT2D eigenvalue weighted by Gasteiger charge is -2.28. The fourth-order valence-corrected chi connectivity index (χ4v) is 4.61. The van der Waals surface area contributed by atoms with Gasteiger partial charge in [0.05, 0.1) is 43.5 Å². The zero-order valence-electron chi connectivity index (χ0n) is 17.1. The molecule has 0 amide bonds. The smallest absolute Gasteiger partial charge is 0.340 e. The average Bonchev–Trinajstić information content (AvgIpc) is 2.82. The fraction of sp³-hybridized carbons (Fsp3) is 0.182. The number of anilines is 1. The normalized spacial score (nSPS) is 11.1. The molecule has 8 nitrogen and oxygen atoms in total. The Balaban J connectivity index is 2.24. The van der Waals surface area contributed by atoms with Crippen LogP contribution in [-0.2, 0) is 27.9 Å². The Morgan fingerprint density at radius 1 is 1.06 bits per heavy atom. The number of esters is 1. The zero-order chi connectivity index (χ0) is 22.4. The van der Waals surface area contributed by atoms with Crippen molar-refractivity contribution < 1.29 is 27.8 Å². The molecule has 0 aliphatic rings. The van der Waals surface area contributed by atoms with E-state index in [-0.39, 0.29) is 28.3 Å². The third kappa shape index (κ3) is 4.68. The van der Waals surface area contributed by atoms with Gasteiger partial charge in [0.25, 0.3) is 10.0 Å². The van der Waals surface area contributed by atoms with Gasteiger partial charge in [0.1, 0.15) is 5.75 Å². The minimum atomic E-state index is -4.14. The van der Waals surface area contributed by atoms with Gasteiger partial charge in [0, 0.05) is 18.0 Å². The van der Waals surface area contributed by atoms with E-state index in [1.807, 2.05) is 0 Å². The summed E-state index contributed by atoms with van der Waals surface area (Å²) in [7, 11) is -1.45. The summed E-state index contributed by atoms with van der Waals surface area (Å²) in [5, 5.41) is 9.91. The Kier molecular flexibility index (Phi) is 6.88. The first-order chi connectivity index (χ1) is 14.9. The number of sulfonamides is 1. The van der Waals surface area contributed by atoms with Crippen LogP contribution < -0.4 is 9.04 Å². The van der Waals surface area contributed by atoms with Crippen molar-refractivity contribution in [3.8, 4) is 5.75 Å². The molecule has 1 N–H and O–H groups in total. The minimum absolute atomic E-state index is 0.000693. The third-order valence-corrected chi connectivity index (χ3v) is 6.40. The summed E-state index contributed by atoms with van der Waals surface area (Å²) in [6, 6.07) is 13.9. The summed E-state index contributed by atoms with van der Waals surface area (Å²) in [4.78, 5) is 16.5. The molecule has 1 heterocycles. The van der Waals surface area contributed by atoms with Gasteiger partial charge < -0.3 is 14.6 Å². The van der Waals surface area contributed by atoms with Crippen LogP contribution in [0.2, 0.25) is 0 Å². The number of pyridine rings is 1. The van der Waals surface area contributed by atoms with Crippen molar-refractivity contribution in [1.29, 1.82) is 0 Å². The maximum atomic E-state index is 13.7. The van der Waals surface area contributed by atoms with Crippen molar-refractivity contribution in [2.45, 2.75) is 18.0 Å². The molecule has 0 fully saturated rings. The molecule has 0 atom stereocenters. The molecular weight excluding hydrogens is 420 g/mol. The molecule has 0 bridgehead atoms. The number of benzene rings is 2. The standard InChI is InChI=1S/C22H22N2O6S/c1-29-18-8-10-19(11-9-18)31(27,28)24(14-16-5-4-12-23-13-16)21-17(15-25)6-3-7-20(21)22(26)30-2/h3-13,25H,14-15H2,1-2H3. The number of hydrogen-bond acceptors (Lipinski definition) is 7. The second-order valence-corrected chi connectivity index (χ2v) is 8.37. The Morgan fingerprint density at radius 2 is 1.81 bits per heavy atom. The molecule has 0 aliphatic heterocycles. The molecule has 0 aliphatic carbocycles. The van der Waals surface area contributed by atoms with Crippen LogP contribution in [0.5, 0.6) is 5.75 Å². The number of carbonyl (C=O) groups excluding carboxylic acids is 1. The highest BCUT2D eigenvalue weighted by molar-refractivity contribution is 7.92. The van der Waals surface area contributed by atoms with E-state index >= 15 is 0 Å². The van der Waals surface area contributed by atoms with Crippen LogP contribution in [0.15, 0.2) is 71.9 Å². The molecule has 9 heteroatoms. The largest absolute Gasteiger partial charge is 0.497 e. The van der Waals surface area contributed by atoms with Crippen molar-refractivity contribution in [1.82, 2.24) is 4.98 Å². The van der Waals surface area contributed by atoms with Crippen molar-refractivity contribution >= 4 is 21.7 Å². The monoisotopic (exact) mass is 442 g/mol. The molecule has 0 radical (unpaired) electrons. The van der Waals surface area contributed by atoms with Crippen molar-refractivity contribution in [3.63, 3.8) is 0 Å². The predicted octanol–water partition coefficient (Wildman–Crippen LogP) is 2.76. The SMILES string of the molecule is COC(=O)c1cccc(CO)c1N(Cc1cccnc1)S(=O)(=O)c1ccc(OC)cc1. The molecule has 0 spiro atoms. The van der Waals surface area contributed by atoms with Gasteiger partial charge >= 0.3 is 5.97 Å². The molecule has 0 saturated carbocycles. The summed E-state index contributed by atoms with van der Waals surface area (Å²) in [5.41, 5.74) is 0.943. The molecule has 3 aromatic rings. The maximum Gasteiger partial charge on any atom is 0.340 e. The van der Waals surface area contributed by atoms with E-state index in [4.69, 9.17) is 9.47 Å². The number of para-hydroxylation sites is 1. The number of methoxy groups -OCH3 is 2. The number of rotatable bonds is 8. The summed E-state index contributed by atoms with van der Waals surface area (Å²) >= 11 is 0. The summed E-state index contributed by atoms with van der Waals surface area (Å²) < 4.78 is 38.5. The molecule has 2 aromatic carbocycles. The molecule has 3 rings (SSSR count). The first-order valence-electron chi connectivity index (χ1n) is 9.29. The van der Waals surface area contributed by atoms with E-state index in [2.05, 4.69) is 4.98 Å². The number of ether oxygens (including phenoxy) is 2. The Labute approximate surface area is 180 Å². The van der Waals surface area contributed by atoms with Gasteiger partial charge in [-0.2, -0.15) is 0 Å². The van der Waals surface area contributed by atoms with Gasteiger partial charge in [0.15, 0.2) is 0 Å². The lowest BCUT2D eigenvalue weighted by molar-refractivity contribution is 0.0601. The molecule has 0 saturated heterocycles. The number of hydrogen-bond donors (Lipinski definition) is 1. The van der Waals surface area contributed by atoms with Gasteiger partial charge in [-0.1, -0.05) is 18.2 Å². The highest BCUT2D eigenvalue weighted by Crippen LogP contribution is 2.33. The molecule has 0 unspecified atom stereocenters. The first-order valence-corrected chi connectivity index (χ1v) is 10.7. The highest BCUT2D eigenvalue weighted by atomic mass is 32.2. The fourth-order valence-electron chi connectivity index (χ4n) is 3.10. The lowest BCUT2D eigenvalue weighted by atomic mass is 10.1. The van der Waals surface area contributed by atoms with Crippen LogP contribution >= 0.6 is 0 Å². The first kappa shape index (κ1) is 22.3. The van der Waals surface area contributed by atoms with Crippen LogP contribution in [0.3, 0.4) is 0 Å². The number of carbonyl (C=O) groups is 1. The number of aromatic nitrogens is 1. The van der Waals surface area contributed by atoms with Crippen LogP contribution in [0.25, 0.3) is 0 Å². The van der Waals surface area contributed by atoms with Crippen LogP contribution in [0, 0.1) is 0 Å². The van der Waals surface area contributed by atoms with E-state index in [1.54, 1.807) is 30.5 Å². The van der Waals surface area contributed by atoms with Crippen molar-refractivity contribution in [3.05, 3.63) is 83.7 Å². The highest BCUT2D eigenvalue weighted by Gasteiger charge is 2.31. The van der Waals surface area contributed by atoms with Crippen LogP contribution in [0.4, 0.5) is 5.69 Å². The van der Waals surface area contributed by atoms with Gasteiger partial charge in [-0.3, -0.25) is 9.29 Å². The Hall–Kier alpha value is -3.43.